The molecule has 132 valence electrons. The molecule has 0 unspecified atom stereocenters. The number of aliphatic hydroxyl groups excluding tert-OH is 1. The summed E-state index contributed by atoms with van der Waals surface area (Å²) in [6.45, 7) is 3.05. The first-order valence-corrected chi connectivity index (χ1v) is 8.37. The van der Waals surface area contributed by atoms with Gasteiger partial charge in [-0.2, -0.15) is 0 Å². The summed E-state index contributed by atoms with van der Waals surface area (Å²) in [4.78, 5) is 26.1. The number of carbonyl (C=O) groups is 2. The summed E-state index contributed by atoms with van der Waals surface area (Å²) in [5, 5.41) is 11.9. The van der Waals surface area contributed by atoms with E-state index in [0.717, 1.165) is 11.1 Å². The van der Waals surface area contributed by atoms with E-state index in [1.807, 2.05) is 31.2 Å². The van der Waals surface area contributed by atoms with Crippen LogP contribution in [0.2, 0.25) is 0 Å². The lowest BCUT2D eigenvalue weighted by atomic mass is 10.1. The second-order valence-corrected chi connectivity index (χ2v) is 5.88. The monoisotopic (exact) mass is 340 g/mol. The van der Waals surface area contributed by atoms with Crippen molar-refractivity contribution in [3.8, 4) is 0 Å². The molecule has 0 radical (unpaired) electrons. The quantitative estimate of drug-likeness (QED) is 0.812. The number of aliphatic hydroxyl groups is 1. The first-order valence-electron chi connectivity index (χ1n) is 8.37. The highest BCUT2D eigenvalue weighted by Gasteiger charge is 2.12. The molecule has 0 aliphatic carbocycles. The van der Waals surface area contributed by atoms with Gasteiger partial charge >= 0.3 is 0 Å². The van der Waals surface area contributed by atoms with Crippen LogP contribution >= 0.6 is 0 Å². The van der Waals surface area contributed by atoms with Crippen molar-refractivity contribution in [2.75, 3.05) is 20.1 Å². The zero-order valence-corrected chi connectivity index (χ0v) is 14.7. The van der Waals surface area contributed by atoms with Gasteiger partial charge in [0.15, 0.2) is 0 Å². The largest absolute Gasteiger partial charge is 0.392 e. The first kappa shape index (κ1) is 18.7. The highest BCUT2D eigenvalue weighted by molar-refractivity contribution is 5.99. The minimum Gasteiger partial charge on any atom is -0.392 e. The molecule has 0 aromatic heterocycles. The number of rotatable bonds is 7. The lowest BCUT2D eigenvalue weighted by Gasteiger charge is -2.15. The third-order valence-corrected chi connectivity index (χ3v) is 4.10. The van der Waals surface area contributed by atoms with Crippen molar-refractivity contribution in [2.24, 2.45) is 0 Å². The molecule has 2 amide bonds. The van der Waals surface area contributed by atoms with Gasteiger partial charge in [-0.15, -0.1) is 0 Å². The predicted octanol–water partition coefficient (Wildman–Crippen LogP) is 2.24. The summed E-state index contributed by atoms with van der Waals surface area (Å²) in [5.41, 5.74) is 2.94. The molecule has 0 saturated heterocycles. The molecule has 0 fully saturated rings. The van der Waals surface area contributed by atoms with Gasteiger partial charge in [0, 0.05) is 31.3 Å². The second kappa shape index (κ2) is 8.99. The number of nitrogens with one attached hydrogen (secondary N) is 1. The molecular weight excluding hydrogens is 316 g/mol. The van der Waals surface area contributed by atoms with Crippen molar-refractivity contribution in [3.63, 3.8) is 0 Å². The number of amides is 2. The molecule has 2 aromatic carbocycles. The van der Waals surface area contributed by atoms with Gasteiger partial charge in [-0.25, -0.2) is 0 Å². The van der Waals surface area contributed by atoms with E-state index in [1.54, 1.807) is 36.2 Å². The van der Waals surface area contributed by atoms with E-state index < -0.39 is 0 Å². The van der Waals surface area contributed by atoms with Crippen LogP contribution in [0.15, 0.2) is 48.5 Å². The fourth-order valence-electron chi connectivity index (χ4n) is 2.39. The van der Waals surface area contributed by atoms with E-state index >= 15 is 0 Å². The lowest BCUT2D eigenvalue weighted by molar-refractivity contribution is 0.0802. The fourth-order valence-corrected chi connectivity index (χ4v) is 2.39. The third kappa shape index (κ3) is 5.16. The minimum absolute atomic E-state index is 0.0271. The molecule has 2 N–H and O–H groups in total. The Balaban J connectivity index is 1.93. The van der Waals surface area contributed by atoms with E-state index in [4.69, 9.17) is 5.11 Å². The SMILES string of the molecule is CCN(C)C(=O)c1cccc(C(=O)NCCc2ccc(CO)cc2)c1. The maximum Gasteiger partial charge on any atom is 0.253 e. The van der Waals surface area contributed by atoms with E-state index in [0.29, 0.717) is 30.6 Å². The molecule has 0 atom stereocenters. The zero-order chi connectivity index (χ0) is 18.2. The Morgan fingerprint density at radius 3 is 2.32 bits per heavy atom. The molecule has 5 heteroatoms. The molecule has 25 heavy (non-hydrogen) atoms. The number of hydrogen-bond acceptors (Lipinski definition) is 3. The fraction of sp³-hybridized carbons (Fsp3) is 0.300. The molecule has 2 aromatic rings. The average molecular weight is 340 g/mol. The smallest absolute Gasteiger partial charge is 0.253 e. The normalized spacial score (nSPS) is 10.4. The molecule has 0 bridgehead atoms. The van der Waals surface area contributed by atoms with Crippen LogP contribution in [0.25, 0.3) is 0 Å². The average Bonchev–Trinajstić information content (AvgIpc) is 2.67. The Hall–Kier alpha value is -2.66. The molecular formula is C20H24N2O3. The third-order valence-electron chi connectivity index (χ3n) is 4.10. The van der Waals surface area contributed by atoms with Crippen molar-refractivity contribution < 1.29 is 14.7 Å². The highest BCUT2D eigenvalue weighted by Crippen LogP contribution is 2.09. The van der Waals surface area contributed by atoms with Crippen LogP contribution < -0.4 is 5.32 Å². The number of hydrogen-bond donors (Lipinski definition) is 2. The van der Waals surface area contributed by atoms with Crippen LogP contribution in [0.3, 0.4) is 0 Å². The Kier molecular flexibility index (Phi) is 6.71. The van der Waals surface area contributed by atoms with Gasteiger partial charge in [0.25, 0.3) is 11.8 Å². The van der Waals surface area contributed by atoms with Crippen molar-refractivity contribution in [2.45, 2.75) is 20.0 Å². The second-order valence-electron chi connectivity index (χ2n) is 5.88. The molecule has 2 rings (SSSR count). The van der Waals surface area contributed by atoms with Crippen LogP contribution in [-0.2, 0) is 13.0 Å². The maximum atomic E-state index is 12.3. The van der Waals surface area contributed by atoms with Crippen LogP contribution in [0, 0.1) is 0 Å². The summed E-state index contributed by atoms with van der Waals surface area (Å²) in [7, 11) is 1.73. The Labute approximate surface area is 148 Å². The van der Waals surface area contributed by atoms with Crippen LogP contribution in [0.1, 0.15) is 38.8 Å². The van der Waals surface area contributed by atoms with Gasteiger partial charge in [0.1, 0.15) is 0 Å². The molecule has 0 aliphatic heterocycles. The highest BCUT2D eigenvalue weighted by atomic mass is 16.3. The van der Waals surface area contributed by atoms with Crippen LogP contribution in [-0.4, -0.2) is 42.0 Å². The van der Waals surface area contributed by atoms with E-state index in [-0.39, 0.29) is 18.4 Å². The Morgan fingerprint density at radius 1 is 1.04 bits per heavy atom. The van der Waals surface area contributed by atoms with E-state index in [9.17, 15) is 9.59 Å². The van der Waals surface area contributed by atoms with Crippen molar-refractivity contribution >= 4 is 11.8 Å². The molecule has 0 heterocycles. The van der Waals surface area contributed by atoms with E-state index in [1.165, 1.54) is 0 Å². The lowest BCUT2D eigenvalue weighted by Crippen LogP contribution is -2.28. The standard InChI is InChI=1S/C20H24N2O3/c1-3-22(2)20(25)18-6-4-5-17(13-18)19(24)21-12-11-15-7-9-16(14-23)10-8-15/h4-10,13,23H,3,11-12,14H2,1-2H3,(H,21,24). The molecule has 0 saturated carbocycles. The number of carbonyl (C=O) groups excluding carboxylic acids is 2. The minimum atomic E-state index is -0.194. The molecule has 5 nitrogen and oxygen atoms in total. The zero-order valence-electron chi connectivity index (χ0n) is 14.7. The van der Waals surface area contributed by atoms with Gasteiger partial charge in [-0.3, -0.25) is 9.59 Å². The Bertz CT molecular complexity index is 726. The number of benzene rings is 2. The van der Waals surface area contributed by atoms with Gasteiger partial charge in [-0.1, -0.05) is 30.3 Å². The number of nitrogens with zero attached hydrogens (tertiary/aromatic N) is 1. The van der Waals surface area contributed by atoms with E-state index in [2.05, 4.69) is 5.32 Å². The van der Waals surface area contributed by atoms with Crippen molar-refractivity contribution in [1.82, 2.24) is 10.2 Å². The molecule has 0 spiro atoms. The summed E-state index contributed by atoms with van der Waals surface area (Å²) < 4.78 is 0. The van der Waals surface area contributed by atoms with Gasteiger partial charge in [-0.05, 0) is 42.7 Å². The summed E-state index contributed by atoms with van der Waals surface area (Å²) in [6, 6.07) is 14.4. The summed E-state index contributed by atoms with van der Waals surface area (Å²) in [5.74, 6) is -0.290. The summed E-state index contributed by atoms with van der Waals surface area (Å²) >= 11 is 0. The van der Waals surface area contributed by atoms with Gasteiger partial charge in [0.05, 0.1) is 6.61 Å². The van der Waals surface area contributed by atoms with Crippen molar-refractivity contribution in [3.05, 3.63) is 70.8 Å². The summed E-state index contributed by atoms with van der Waals surface area (Å²) in [6.07, 6.45) is 0.703. The maximum absolute atomic E-state index is 12.3. The predicted molar refractivity (Wildman–Crippen MR) is 97.5 cm³/mol. The topological polar surface area (TPSA) is 69.6 Å². The first-order chi connectivity index (χ1) is 12.0. The molecule has 0 aliphatic rings. The van der Waals surface area contributed by atoms with Crippen LogP contribution in [0.4, 0.5) is 0 Å². The Morgan fingerprint density at radius 2 is 1.68 bits per heavy atom. The van der Waals surface area contributed by atoms with Crippen molar-refractivity contribution in [1.29, 1.82) is 0 Å². The van der Waals surface area contributed by atoms with Crippen LogP contribution in [0.5, 0.6) is 0 Å². The van der Waals surface area contributed by atoms with Gasteiger partial charge in [0.2, 0.25) is 0 Å². The van der Waals surface area contributed by atoms with Gasteiger partial charge < -0.3 is 15.3 Å².